The summed E-state index contributed by atoms with van der Waals surface area (Å²) in [5.41, 5.74) is -0.106. The number of hydrogen-bond acceptors (Lipinski definition) is 3. The Balaban J connectivity index is 2.06. The van der Waals surface area contributed by atoms with Crippen LogP contribution in [0.1, 0.15) is 33.1 Å². The largest absolute Gasteiger partial charge is 0.367 e. The molecule has 1 atom stereocenters. The van der Waals surface area contributed by atoms with E-state index < -0.39 is 6.29 Å². The fourth-order valence-electron chi connectivity index (χ4n) is 2.68. The van der Waals surface area contributed by atoms with E-state index in [0.717, 1.165) is 32.4 Å². The van der Waals surface area contributed by atoms with Gasteiger partial charge in [0.1, 0.15) is 0 Å². The maximum Gasteiger partial charge on any atom is 0.160 e. The minimum atomic E-state index is -0.578. The third-order valence-electron chi connectivity index (χ3n) is 3.71. The summed E-state index contributed by atoms with van der Waals surface area (Å²) in [5.74, 6) is 0. The number of nitrogens with zero attached hydrogens (tertiary/aromatic N) is 1. The smallest absolute Gasteiger partial charge is 0.160 e. The van der Waals surface area contributed by atoms with Crippen LogP contribution in [0.4, 0.5) is 0 Å². The zero-order valence-electron chi connectivity index (χ0n) is 9.42. The standard InChI is InChI=1S/C11H21NO2/c1-10(2)8-11(14-9(10)13)4-6-12(3)7-5-11/h9,13H,4-8H2,1-3H3. The molecule has 1 N–H and O–H groups in total. The Morgan fingerprint density at radius 2 is 1.86 bits per heavy atom. The topological polar surface area (TPSA) is 32.7 Å². The summed E-state index contributed by atoms with van der Waals surface area (Å²) < 4.78 is 5.78. The van der Waals surface area contributed by atoms with Crippen LogP contribution < -0.4 is 0 Å². The van der Waals surface area contributed by atoms with Crippen molar-refractivity contribution in [2.75, 3.05) is 20.1 Å². The van der Waals surface area contributed by atoms with E-state index >= 15 is 0 Å². The zero-order chi connectivity index (χ0) is 10.4. The Bertz CT molecular complexity index is 219. The van der Waals surface area contributed by atoms with Gasteiger partial charge in [-0.3, -0.25) is 0 Å². The van der Waals surface area contributed by atoms with Crippen LogP contribution in [0, 0.1) is 5.41 Å². The molecule has 2 fully saturated rings. The predicted octanol–water partition coefficient (Wildman–Crippen LogP) is 1.22. The molecule has 2 rings (SSSR count). The van der Waals surface area contributed by atoms with Crippen LogP contribution in [0.15, 0.2) is 0 Å². The molecule has 3 heteroatoms. The van der Waals surface area contributed by atoms with Gasteiger partial charge in [-0.05, 0) is 26.3 Å². The van der Waals surface area contributed by atoms with Crippen LogP contribution in [0.3, 0.4) is 0 Å². The molecule has 0 aromatic carbocycles. The first-order valence-corrected chi connectivity index (χ1v) is 5.48. The van der Waals surface area contributed by atoms with Gasteiger partial charge < -0.3 is 14.7 Å². The van der Waals surface area contributed by atoms with E-state index in [9.17, 15) is 5.11 Å². The zero-order valence-corrected chi connectivity index (χ0v) is 9.42. The molecule has 2 heterocycles. The van der Waals surface area contributed by atoms with Crippen molar-refractivity contribution in [1.29, 1.82) is 0 Å². The van der Waals surface area contributed by atoms with E-state index in [1.807, 2.05) is 0 Å². The lowest BCUT2D eigenvalue weighted by Crippen LogP contribution is -2.42. The lowest BCUT2D eigenvalue weighted by Gasteiger charge is -2.37. The van der Waals surface area contributed by atoms with Crippen LogP contribution >= 0.6 is 0 Å². The van der Waals surface area contributed by atoms with Crippen molar-refractivity contribution in [3.05, 3.63) is 0 Å². The Labute approximate surface area is 86.0 Å². The van der Waals surface area contributed by atoms with Crippen molar-refractivity contribution in [3.63, 3.8) is 0 Å². The highest BCUT2D eigenvalue weighted by Gasteiger charge is 2.50. The molecular formula is C11H21NO2. The second kappa shape index (κ2) is 3.19. The minimum absolute atomic E-state index is 0.0323. The van der Waals surface area contributed by atoms with Crippen LogP contribution in [-0.4, -0.2) is 42.0 Å². The summed E-state index contributed by atoms with van der Waals surface area (Å²) in [5, 5.41) is 9.80. The summed E-state index contributed by atoms with van der Waals surface area (Å²) >= 11 is 0. The van der Waals surface area contributed by atoms with Crippen molar-refractivity contribution >= 4 is 0 Å². The molecule has 1 spiro atoms. The van der Waals surface area contributed by atoms with Crippen molar-refractivity contribution < 1.29 is 9.84 Å². The van der Waals surface area contributed by atoms with E-state index in [1.165, 1.54) is 0 Å². The number of piperidine rings is 1. The van der Waals surface area contributed by atoms with Crippen LogP contribution in [0.5, 0.6) is 0 Å². The molecule has 0 aromatic rings. The average Bonchev–Trinajstić information content (AvgIpc) is 2.30. The third-order valence-corrected chi connectivity index (χ3v) is 3.71. The van der Waals surface area contributed by atoms with Gasteiger partial charge in [0.15, 0.2) is 6.29 Å². The molecule has 2 saturated heterocycles. The lowest BCUT2D eigenvalue weighted by molar-refractivity contribution is -0.171. The highest BCUT2D eigenvalue weighted by molar-refractivity contribution is 4.98. The number of hydrogen-bond donors (Lipinski definition) is 1. The van der Waals surface area contributed by atoms with Gasteiger partial charge in [0.2, 0.25) is 0 Å². The summed E-state index contributed by atoms with van der Waals surface area (Å²) in [6.07, 6.45) is 2.54. The van der Waals surface area contributed by atoms with Gasteiger partial charge in [0.25, 0.3) is 0 Å². The first-order valence-electron chi connectivity index (χ1n) is 5.48. The molecule has 14 heavy (non-hydrogen) atoms. The molecule has 0 saturated carbocycles. The van der Waals surface area contributed by atoms with Gasteiger partial charge in [0.05, 0.1) is 5.60 Å². The van der Waals surface area contributed by atoms with E-state index in [2.05, 4.69) is 25.8 Å². The highest BCUT2D eigenvalue weighted by atomic mass is 16.6. The monoisotopic (exact) mass is 199 g/mol. The van der Waals surface area contributed by atoms with Crippen molar-refractivity contribution in [1.82, 2.24) is 4.90 Å². The van der Waals surface area contributed by atoms with E-state index in [-0.39, 0.29) is 11.0 Å². The Kier molecular flexibility index (Phi) is 2.37. The molecule has 0 bridgehead atoms. The van der Waals surface area contributed by atoms with E-state index in [1.54, 1.807) is 0 Å². The molecule has 1 unspecified atom stereocenters. The second-order valence-electron chi connectivity index (χ2n) is 5.62. The first kappa shape index (κ1) is 10.4. The van der Waals surface area contributed by atoms with Gasteiger partial charge in [-0.25, -0.2) is 0 Å². The maximum absolute atomic E-state index is 9.80. The first-order chi connectivity index (χ1) is 6.44. The van der Waals surface area contributed by atoms with Crippen molar-refractivity contribution in [2.45, 2.75) is 45.0 Å². The van der Waals surface area contributed by atoms with Crippen LogP contribution in [0.2, 0.25) is 0 Å². The van der Waals surface area contributed by atoms with Gasteiger partial charge in [-0.1, -0.05) is 13.8 Å². The Morgan fingerprint density at radius 1 is 1.29 bits per heavy atom. The molecule has 0 amide bonds. The van der Waals surface area contributed by atoms with E-state index in [4.69, 9.17) is 4.74 Å². The Hall–Kier alpha value is -0.120. The third kappa shape index (κ3) is 1.69. The normalized spacial score (nSPS) is 36.4. The number of aliphatic hydroxyl groups excluding tert-OH is 1. The maximum atomic E-state index is 9.80. The number of aliphatic hydroxyl groups is 1. The number of likely N-dealkylation sites (tertiary alicyclic amines) is 1. The molecule has 2 aliphatic rings. The van der Waals surface area contributed by atoms with E-state index in [0.29, 0.717) is 0 Å². The second-order valence-corrected chi connectivity index (χ2v) is 5.62. The Morgan fingerprint density at radius 3 is 2.29 bits per heavy atom. The molecule has 82 valence electrons. The lowest BCUT2D eigenvalue weighted by atomic mass is 9.79. The number of ether oxygens (including phenoxy) is 1. The molecular weight excluding hydrogens is 178 g/mol. The van der Waals surface area contributed by atoms with Gasteiger partial charge in [-0.2, -0.15) is 0 Å². The molecule has 2 aliphatic heterocycles. The average molecular weight is 199 g/mol. The van der Waals surface area contributed by atoms with Crippen LogP contribution in [0.25, 0.3) is 0 Å². The SMILES string of the molecule is CN1CCC2(CC1)CC(C)(C)C(O)O2. The molecule has 3 nitrogen and oxygen atoms in total. The fourth-order valence-corrected chi connectivity index (χ4v) is 2.68. The predicted molar refractivity (Wildman–Crippen MR) is 55.0 cm³/mol. The van der Waals surface area contributed by atoms with Gasteiger partial charge in [-0.15, -0.1) is 0 Å². The van der Waals surface area contributed by atoms with Crippen molar-refractivity contribution in [3.8, 4) is 0 Å². The van der Waals surface area contributed by atoms with Gasteiger partial charge >= 0.3 is 0 Å². The summed E-state index contributed by atoms with van der Waals surface area (Å²) in [6, 6.07) is 0. The van der Waals surface area contributed by atoms with Crippen molar-refractivity contribution in [2.24, 2.45) is 5.41 Å². The summed E-state index contributed by atoms with van der Waals surface area (Å²) in [7, 11) is 2.14. The molecule has 0 aromatic heterocycles. The molecule has 0 radical (unpaired) electrons. The minimum Gasteiger partial charge on any atom is -0.367 e. The molecule has 0 aliphatic carbocycles. The van der Waals surface area contributed by atoms with Gasteiger partial charge in [0, 0.05) is 18.5 Å². The quantitative estimate of drug-likeness (QED) is 0.636. The highest BCUT2D eigenvalue weighted by Crippen LogP contribution is 2.47. The fraction of sp³-hybridized carbons (Fsp3) is 1.00. The summed E-state index contributed by atoms with van der Waals surface area (Å²) in [6.45, 7) is 6.35. The number of rotatable bonds is 0. The summed E-state index contributed by atoms with van der Waals surface area (Å²) in [4.78, 5) is 2.33. The van der Waals surface area contributed by atoms with Crippen LogP contribution in [-0.2, 0) is 4.74 Å².